The van der Waals surface area contributed by atoms with Gasteiger partial charge in [-0.2, -0.15) is 13.2 Å². The first-order valence-corrected chi connectivity index (χ1v) is 9.28. The van der Waals surface area contributed by atoms with E-state index in [4.69, 9.17) is 32.7 Å². The van der Waals surface area contributed by atoms with Gasteiger partial charge in [-0.3, -0.25) is 0 Å². The molecule has 0 amide bonds. The lowest BCUT2D eigenvalue weighted by molar-refractivity contribution is -0.137. The molecule has 0 heterocycles. The van der Waals surface area contributed by atoms with E-state index in [2.05, 4.69) is 0 Å². The molecular formula is C18H11Cl2F3O4S. The lowest BCUT2D eigenvalue weighted by atomic mass is 10.1. The van der Waals surface area contributed by atoms with Crippen LogP contribution in [0.2, 0.25) is 0 Å². The topological polar surface area (TPSA) is 52.6 Å². The zero-order valence-corrected chi connectivity index (χ0v) is 16.2. The smallest absolute Gasteiger partial charge is 0.410 e. The van der Waals surface area contributed by atoms with E-state index in [1.807, 2.05) is 0 Å². The maximum absolute atomic E-state index is 12.5. The zero-order chi connectivity index (χ0) is 20.7. The summed E-state index contributed by atoms with van der Waals surface area (Å²) < 4.78 is 47.1. The Bertz CT molecular complexity index is 883. The molecule has 2 aromatic carbocycles. The average Bonchev–Trinajstić information content (AvgIpc) is 2.59. The number of hydrogen-bond acceptors (Lipinski definition) is 5. The van der Waals surface area contributed by atoms with Gasteiger partial charge in [-0.15, -0.1) is 11.8 Å². The van der Waals surface area contributed by atoms with Gasteiger partial charge >= 0.3 is 17.0 Å². The molecule has 0 N–H and O–H groups in total. The Balaban J connectivity index is 2.01. The number of rotatable bonds is 6. The van der Waals surface area contributed by atoms with Gasteiger partial charge in [0.25, 0.3) is 0 Å². The third-order valence-electron chi connectivity index (χ3n) is 3.24. The number of benzene rings is 2. The Morgan fingerprint density at radius 2 is 1.57 bits per heavy atom. The Morgan fingerprint density at radius 3 is 2.14 bits per heavy atom. The van der Waals surface area contributed by atoms with Gasteiger partial charge in [0.1, 0.15) is 0 Å². The van der Waals surface area contributed by atoms with Crippen LogP contribution in [-0.4, -0.2) is 10.9 Å². The Kier molecular flexibility index (Phi) is 7.79. The van der Waals surface area contributed by atoms with E-state index in [9.17, 15) is 22.8 Å². The van der Waals surface area contributed by atoms with Crippen molar-refractivity contribution < 1.29 is 32.2 Å². The summed E-state index contributed by atoms with van der Waals surface area (Å²) in [4.78, 5) is 21.8. The van der Waals surface area contributed by atoms with Crippen LogP contribution in [0.1, 0.15) is 16.7 Å². The third kappa shape index (κ3) is 7.10. The van der Waals surface area contributed by atoms with Gasteiger partial charge in [0, 0.05) is 29.0 Å². The monoisotopic (exact) mass is 450 g/mol. The van der Waals surface area contributed by atoms with Crippen LogP contribution in [0.5, 0.6) is 11.5 Å². The van der Waals surface area contributed by atoms with Gasteiger partial charge in [0.2, 0.25) is 0 Å². The fourth-order valence-corrected chi connectivity index (χ4v) is 2.93. The number of carbonyl (C=O) groups excluding carboxylic acids is 2. The predicted octanol–water partition coefficient (Wildman–Crippen LogP) is 7.08. The number of halogens is 5. The number of alkyl halides is 3. The summed E-state index contributed by atoms with van der Waals surface area (Å²) in [5.41, 5.74) is -1.60. The molecule has 148 valence electrons. The van der Waals surface area contributed by atoms with Crippen LogP contribution in [0.15, 0.2) is 47.9 Å². The highest BCUT2D eigenvalue weighted by Crippen LogP contribution is 2.31. The third-order valence-corrected chi connectivity index (χ3v) is 4.22. The summed E-state index contributed by atoms with van der Waals surface area (Å²) in [5, 5.41) is 1.71. The zero-order valence-electron chi connectivity index (χ0n) is 13.8. The van der Waals surface area contributed by atoms with Gasteiger partial charge in [0.15, 0.2) is 11.5 Å². The minimum absolute atomic E-state index is 0.0800. The number of thioether (sulfide) groups is 1. The van der Waals surface area contributed by atoms with E-state index in [0.29, 0.717) is 11.3 Å². The summed E-state index contributed by atoms with van der Waals surface area (Å²) in [6.45, 7) is 0. The molecule has 2 aromatic rings. The van der Waals surface area contributed by atoms with E-state index >= 15 is 0 Å². The normalized spacial score (nSPS) is 11.5. The summed E-state index contributed by atoms with van der Waals surface area (Å²) in [5.74, 6) is 0.285. The molecule has 0 saturated heterocycles. The molecule has 10 heteroatoms. The summed E-state index contributed by atoms with van der Waals surface area (Å²) in [6, 6.07) is 9.25. The Labute approximate surface area is 172 Å². The van der Waals surface area contributed by atoms with Gasteiger partial charge < -0.3 is 9.47 Å². The lowest BCUT2D eigenvalue weighted by Crippen LogP contribution is -2.04. The van der Waals surface area contributed by atoms with E-state index in [1.165, 1.54) is 36.0 Å². The maximum Gasteiger partial charge on any atom is 0.416 e. The van der Waals surface area contributed by atoms with E-state index in [0.717, 1.165) is 17.7 Å². The van der Waals surface area contributed by atoms with Crippen molar-refractivity contribution in [3.05, 3.63) is 64.6 Å². The Morgan fingerprint density at radius 1 is 0.964 bits per heavy atom. The van der Waals surface area contributed by atoms with Crippen molar-refractivity contribution in [2.75, 3.05) is 0 Å². The molecule has 0 bridgehead atoms. The molecule has 0 fully saturated rings. The molecule has 0 atom stereocenters. The van der Waals surface area contributed by atoms with E-state index < -0.39 is 22.6 Å². The standard InChI is InChI=1S/C18H11Cl2F3O4S/c19-16(24)26-14-6-3-11(9-15(14)27-17(20)25)7-8-28-10-12-1-4-13(5-2-12)18(21,22)23/h1-9H,10H2/b8-7+. The van der Waals surface area contributed by atoms with Crippen molar-refractivity contribution in [3.63, 3.8) is 0 Å². The Hall–Kier alpha value is -2.16. The van der Waals surface area contributed by atoms with Crippen LogP contribution in [0.4, 0.5) is 22.8 Å². The molecule has 0 aliphatic heterocycles. The van der Waals surface area contributed by atoms with E-state index in [-0.39, 0.29) is 11.5 Å². The van der Waals surface area contributed by atoms with E-state index in [1.54, 1.807) is 17.6 Å². The predicted molar refractivity (Wildman–Crippen MR) is 102 cm³/mol. The van der Waals surface area contributed by atoms with Crippen LogP contribution in [0, 0.1) is 0 Å². The minimum Gasteiger partial charge on any atom is -0.410 e. The maximum atomic E-state index is 12.5. The molecule has 0 aromatic heterocycles. The summed E-state index contributed by atoms with van der Waals surface area (Å²) in [6.07, 6.45) is -2.69. The second-order valence-electron chi connectivity index (χ2n) is 5.19. The first-order chi connectivity index (χ1) is 13.1. The van der Waals surface area contributed by atoms with Crippen molar-refractivity contribution >= 4 is 51.9 Å². The van der Waals surface area contributed by atoms with Crippen molar-refractivity contribution in [2.45, 2.75) is 11.9 Å². The first kappa shape index (κ1) is 22.1. The molecule has 4 nitrogen and oxygen atoms in total. The van der Waals surface area contributed by atoms with Crippen molar-refractivity contribution in [1.82, 2.24) is 0 Å². The fraction of sp³-hybridized carbons (Fsp3) is 0.111. The highest BCUT2D eigenvalue weighted by atomic mass is 35.5. The van der Waals surface area contributed by atoms with Crippen molar-refractivity contribution in [1.29, 1.82) is 0 Å². The summed E-state index contributed by atoms with van der Waals surface area (Å²) >= 11 is 11.7. The second-order valence-corrected chi connectivity index (χ2v) is 6.71. The second kappa shape index (κ2) is 9.86. The highest BCUT2D eigenvalue weighted by molar-refractivity contribution is 8.01. The number of hydrogen-bond donors (Lipinski definition) is 0. The molecule has 0 aliphatic carbocycles. The average molecular weight is 451 g/mol. The van der Waals surface area contributed by atoms with Crippen LogP contribution in [-0.2, 0) is 11.9 Å². The first-order valence-electron chi connectivity index (χ1n) is 7.48. The van der Waals surface area contributed by atoms with Crippen LogP contribution >= 0.6 is 35.0 Å². The van der Waals surface area contributed by atoms with Gasteiger partial charge in [0.05, 0.1) is 5.56 Å². The number of ether oxygens (including phenoxy) is 2. The van der Waals surface area contributed by atoms with Crippen LogP contribution in [0.3, 0.4) is 0 Å². The number of carbonyl (C=O) groups is 2. The molecular weight excluding hydrogens is 440 g/mol. The van der Waals surface area contributed by atoms with Crippen LogP contribution < -0.4 is 9.47 Å². The van der Waals surface area contributed by atoms with Crippen molar-refractivity contribution in [3.8, 4) is 11.5 Å². The molecule has 0 aliphatic rings. The molecule has 28 heavy (non-hydrogen) atoms. The SMILES string of the molecule is O=C(Cl)Oc1ccc(/C=C/SCc2ccc(C(F)(F)F)cc2)cc1OC(=O)Cl. The quantitative estimate of drug-likeness (QED) is 0.439. The molecule has 0 unspecified atom stereocenters. The molecule has 2 rings (SSSR count). The highest BCUT2D eigenvalue weighted by Gasteiger charge is 2.29. The molecule has 0 spiro atoms. The van der Waals surface area contributed by atoms with Gasteiger partial charge in [-0.05, 0) is 46.9 Å². The fourth-order valence-electron chi connectivity index (χ4n) is 2.03. The van der Waals surface area contributed by atoms with Crippen molar-refractivity contribution in [2.24, 2.45) is 0 Å². The molecule has 0 saturated carbocycles. The van der Waals surface area contributed by atoms with Gasteiger partial charge in [-0.25, -0.2) is 9.59 Å². The van der Waals surface area contributed by atoms with Gasteiger partial charge in [-0.1, -0.05) is 18.2 Å². The lowest BCUT2D eigenvalue weighted by Gasteiger charge is -2.08. The minimum atomic E-state index is -4.36. The van der Waals surface area contributed by atoms with Crippen LogP contribution in [0.25, 0.3) is 6.08 Å². The summed E-state index contributed by atoms with van der Waals surface area (Å²) in [7, 11) is 0. The largest absolute Gasteiger partial charge is 0.416 e. The molecule has 0 radical (unpaired) electrons.